The number of nitrogens with one attached hydrogen (secondary N) is 1. The summed E-state index contributed by atoms with van der Waals surface area (Å²) in [6.45, 7) is 2.81. The molecule has 0 saturated heterocycles. The van der Waals surface area contributed by atoms with Gasteiger partial charge in [0.15, 0.2) is 5.88 Å². The molecule has 1 aromatic heterocycles. The van der Waals surface area contributed by atoms with Gasteiger partial charge in [0.25, 0.3) is 0 Å². The van der Waals surface area contributed by atoms with Crippen molar-refractivity contribution in [2.45, 2.75) is 32.7 Å². The molecule has 3 heteroatoms. The average molecular weight is 306 g/mol. The van der Waals surface area contributed by atoms with Gasteiger partial charge in [-0.1, -0.05) is 61.9 Å². The van der Waals surface area contributed by atoms with Gasteiger partial charge in [-0.15, -0.1) is 0 Å². The Bertz CT molecular complexity index is 803. The van der Waals surface area contributed by atoms with Crippen molar-refractivity contribution in [3.05, 3.63) is 65.7 Å². The molecule has 3 rings (SSSR count). The molecule has 3 aromatic rings. The quantitative estimate of drug-likeness (QED) is 0.615. The van der Waals surface area contributed by atoms with E-state index in [-0.39, 0.29) is 5.88 Å². The Labute approximate surface area is 136 Å². The largest absolute Gasteiger partial charge is 0.494 e. The molecule has 1 heterocycles. The first-order valence-corrected chi connectivity index (χ1v) is 8.17. The van der Waals surface area contributed by atoms with Crippen LogP contribution in [-0.4, -0.2) is 15.8 Å². The third-order valence-electron chi connectivity index (χ3n) is 4.04. The zero-order valence-corrected chi connectivity index (χ0v) is 13.4. The van der Waals surface area contributed by atoms with Gasteiger partial charge in [0.05, 0.1) is 12.1 Å². The smallest absolute Gasteiger partial charge is 0.198 e. The van der Waals surface area contributed by atoms with Crippen LogP contribution in [0.2, 0.25) is 0 Å². The molecule has 0 saturated carbocycles. The van der Waals surface area contributed by atoms with Crippen LogP contribution in [0, 0.1) is 0 Å². The molecule has 0 amide bonds. The number of fused-ring (bicyclic) bond motifs is 1. The number of aliphatic imine (C=N–C) groups is 1. The second-order valence-corrected chi connectivity index (χ2v) is 5.75. The van der Waals surface area contributed by atoms with Crippen molar-refractivity contribution < 1.29 is 5.11 Å². The highest BCUT2D eigenvalue weighted by Gasteiger charge is 2.15. The number of nitrogens with zero attached hydrogens (tertiary/aromatic N) is 1. The molecule has 0 aliphatic carbocycles. The molecule has 3 nitrogen and oxygen atoms in total. The first-order valence-electron chi connectivity index (χ1n) is 8.17. The van der Waals surface area contributed by atoms with Gasteiger partial charge in [0, 0.05) is 16.6 Å². The van der Waals surface area contributed by atoms with Crippen molar-refractivity contribution in [3.8, 4) is 5.88 Å². The topological polar surface area (TPSA) is 48.4 Å². The van der Waals surface area contributed by atoms with Crippen LogP contribution in [0.4, 0.5) is 0 Å². The molecule has 23 heavy (non-hydrogen) atoms. The monoisotopic (exact) mass is 306 g/mol. The summed E-state index contributed by atoms with van der Waals surface area (Å²) >= 11 is 0. The minimum absolute atomic E-state index is 0.217. The minimum atomic E-state index is 0.217. The minimum Gasteiger partial charge on any atom is -0.494 e. The van der Waals surface area contributed by atoms with E-state index in [0.717, 1.165) is 41.4 Å². The molecule has 0 spiro atoms. The summed E-state index contributed by atoms with van der Waals surface area (Å²) in [5, 5.41) is 11.4. The van der Waals surface area contributed by atoms with Crippen LogP contribution in [0.1, 0.15) is 37.3 Å². The Morgan fingerprint density at radius 1 is 1.04 bits per heavy atom. The molecule has 0 radical (unpaired) electrons. The lowest BCUT2D eigenvalue weighted by Crippen LogP contribution is -2.02. The summed E-state index contributed by atoms with van der Waals surface area (Å²) in [7, 11) is 0. The van der Waals surface area contributed by atoms with Crippen molar-refractivity contribution >= 4 is 16.6 Å². The van der Waals surface area contributed by atoms with E-state index in [1.165, 1.54) is 5.56 Å². The number of unbranched alkanes of at least 4 members (excludes halogenated alkanes) is 1. The summed E-state index contributed by atoms with van der Waals surface area (Å²) in [6, 6.07) is 18.2. The third kappa shape index (κ3) is 3.45. The van der Waals surface area contributed by atoms with Crippen LogP contribution in [0.15, 0.2) is 59.6 Å². The van der Waals surface area contributed by atoms with Crippen molar-refractivity contribution in [1.82, 2.24) is 4.98 Å². The first kappa shape index (κ1) is 15.3. The maximum absolute atomic E-state index is 10.4. The lowest BCUT2D eigenvalue weighted by atomic mass is 10.0. The van der Waals surface area contributed by atoms with Gasteiger partial charge in [-0.25, -0.2) is 0 Å². The Morgan fingerprint density at radius 2 is 1.78 bits per heavy atom. The van der Waals surface area contributed by atoms with E-state index >= 15 is 0 Å². The summed E-state index contributed by atoms with van der Waals surface area (Å²) in [5.74, 6) is 0.217. The number of aromatic hydroxyl groups is 1. The zero-order valence-electron chi connectivity index (χ0n) is 13.4. The van der Waals surface area contributed by atoms with E-state index in [9.17, 15) is 5.11 Å². The van der Waals surface area contributed by atoms with Crippen LogP contribution in [0.5, 0.6) is 5.88 Å². The van der Waals surface area contributed by atoms with E-state index in [2.05, 4.69) is 24.0 Å². The molecule has 0 fully saturated rings. The SMILES string of the molecule is CCCCC(=NCc1ccccc1)c1c(O)[nH]c2ccccc12. The van der Waals surface area contributed by atoms with Crippen LogP contribution in [0.25, 0.3) is 10.9 Å². The standard InChI is InChI=1S/C20H22N2O/c1-2-3-12-18(21-14-15-9-5-4-6-10-15)19-16-11-7-8-13-17(16)22-20(19)23/h4-11,13,22-23H,2-3,12,14H2,1H3. The number of H-pyrrole nitrogens is 1. The molecular weight excluding hydrogens is 284 g/mol. The molecule has 118 valence electrons. The van der Waals surface area contributed by atoms with E-state index in [1.807, 2.05) is 42.5 Å². The number of rotatable bonds is 6. The average Bonchev–Trinajstić information content (AvgIpc) is 2.92. The van der Waals surface area contributed by atoms with Crippen molar-refractivity contribution in [2.75, 3.05) is 0 Å². The Kier molecular flexibility index (Phi) is 4.77. The van der Waals surface area contributed by atoms with Crippen LogP contribution < -0.4 is 0 Å². The Hall–Kier alpha value is -2.55. The molecular formula is C20H22N2O. The van der Waals surface area contributed by atoms with Gasteiger partial charge in [0.2, 0.25) is 0 Å². The van der Waals surface area contributed by atoms with Crippen LogP contribution in [-0.2, 0) is 6.54 Å². The number of benzene rings is 2. The fourth-order valence-electron chi connectivity index (χ4n) is 2.82. The van der Waals surface area contributed by atoms with Gasteiger partial charge in [0.1, 0.15) is 0 Å². The number of aromatic nitrogens is 1. The predicted molar refractivity (Wildman–Crippen MR) is 96.2 cm³/mol. The normalized spacial score (nSPS) is 12.0. The molecule has 0 aliphatic heterocycles. The van der Waals surface area contributed by atoms with Gasteiger partial charge in [-0.3, -0.25) is 4.99 Å². The third-order valence-corrected chi connectivity index (χ3v) is 4.04. The molecule has 2 aromatic carbocycles. The fourth-order valence-corrected chi connectivity index (χ4v) is 2.82. The van der Waals surface area contributed by atoms with Crippen molar-refractivity contribution in [1.29, 1.82) is 0 Å². The molecule has 0 atom stereocenters. The molecule has 2 N–H and O–H groups in total. The molecule has 0 aliphatic rings. The second kappa shape index (κ2) is 7.14. The van der Waals surface area contributed by atoms with Crippen LogP contribution in [0.3, 0.4) is 0 Å². The van der Waals surface area contributed by atoms with Crippen LogP contribution >= 0.6 is 0 Å². The fraction of sp³-hybridized carbons (Fsp3) is 0.250. The number of aromatic amines is 1. The lowest BCUT2D eigenvalue weighted by molar-refractivity contribution is 0.457. The van der Waals surface area contributed by atoms with Gasteiger partial charge < -0.3 is 10.1 Å². The van der Waals surface area contributed by atoms with Gasteiger partial charge in [-0.2, -0.15) is 0 Å². The van der Waals surface area contributed by atoms with E-state index in [0.29, 0.717) is 6.54 Å². The first-order chi connectivity index (χ1) is 11.3. The summed E-state index contributed by atoms with van der Waals surface area (Å²) < 4.78 is 0. The van der Waals surface area contributed by atoms with E-state index in [4.69, 9.17) is 4.99 Å². The highest BCUT2D eigenvalue weighted by Crippen LogP contribution is 2.29. The molecule has 0 bridgehead atoms. The highest BCUT2D eigenvalue weighted by atomic mass is 16.3. The number of hydrogen-bond donors (Lipinski definition) is 2. The highest BCUT2D eigenvalue weighted by molar-refractivity contribution is 6.13. The Balaban J connectivity index is 1.99. The number of para-hydroxylation sites is 1. The zero-order chi connectivity index (χ0) is 16.1. The Morgan fingerprint density at radius 3 is 2.57 bits per heavy atom. The van der Waals surface area contributed by atoms with Gasteiger partial charge >= 0.3 is 0 Å². The van der Waals surface area contributed by atoms with Crippen molar-refractivity contribution in [3.63, 3.8) is 0 Å². The maximum Gasteiger partial charge on any atom is 0.198 e. The van der Waals surface area contributed by atoms with Gasteiger partial charge in [-0.05, 0) is 24.5 Å². The summed E-state index contributed by atoms with van der Waals surface area (Å²) in [6.07, 6.45) is 3.04. The molecule has 0 unspecified atom stereocenters. The summed E-state index contributed by atoms with van der Waals surface area (Å²) in [5.41, 5.74) is 3.96. The maximum atomic E-state index is 10.4. The van der Waals surface area contributed by atoms with Crippen molar-refractivity contribution in [2.24, 2.45) is 4.99 Å². The number of hydrogen-bond acceptors (Lipinski definition) is 2. The van der Waals surface area contributed by atoms with E-state index in [1.54, 1.807) is 0 Å². The second-order valence-electron chi connectivity index (χ2n) is 5.75. The lowest BCUT2D eigenvalue weighted by Gasteiger charge is -2.07. The van der Waals surface area contributed by atoms with E-state index < -0.39 is 0 Å². The summed E-state index contributed by atoms with van der Waals surface area (Å²) in [4.78, 5) is 7.88. The predicted octanol–water partition coefficient (Wildman–Crippen LogP) is 5.05.